The second kappa shape index (κ2) is 8.13. The number of ether oxygens (including phenoxy) is 1. The Morgan fingerprint density at radius 1 is 1.26 bits per heavy atom. The van der Waals surface area contributed by atoms with Crippen LogP contribution < -0.4 is 5.73 Å². The lowest BCUT2D eigenvalue weighted by Gasteiger charge is -2.28. The number of rotatable bonds is 5. The van der Waals surface area contributed by atoms with Crippen LogP contribution in [0.4, 0.5) is 0 Å². The van der Waals surface area contributed by atoms with Gasteiger partial charge in [0.05, 0.1) is 29.9 Å². The Kier molecular flexibility index (Phi) is 6.79. The van der Waals surface area contributed by atoms with E-state index in [1.807, 2.05) is 20.8 Å². The number of carbonyl (C=O) groups excluding carboxylic acids is 1. The summed E-state index contributed by atoms with van der Waals surface area (Å²) in [6.07, 6.45) is 4.05. The normalized spacial score (nSPS) is 23.5. The van der Waals surface area contributed by atoms with Gasteiger partial charge in [0.25, 0.3) is 0 Å². The Bertz CT molecular complexity index is 495. The molecule has 0 heterocycles. The van der Waals surface area contributed by atoms with Crippen molar-refractivity contribution in [3.8, 4) is 0 Å². The van der Waals surface area contributed by atoms with Crippen LogP contribution >= 0.6 is 0 Å². The highest BCUT2D eigenvalue weighted by Gasteiger charge is 2.31. The van der Waals surface area contributed by atoms with Gasteiger partial charge in [-0.25, -0.2) is 4.79 Å². The summed E-state index contributed by atoms with van der Waals surface area (Å²) in [5, 5.41) is 9.32. The molecule has 0 bridgehead atoms. The van der Waals surface area contributed by atoms with Crippen molar-refractivity contribution in [3.05, 3.63) is 11.8 Å². The van der Waals surface area contributed by atoms with Gasteiger partial charge in [0.1, 0.15) is 0 Å². The number of esters is 1. The van der Waals surface area contributed by atoms with Crippen LogP contribution in [0.2, 0.25) is 0 Å². The van der Waals surface area contributed by atoms with Gasteiger partial charge in [-0.15, -0.1) is 0 Å². The molecular weight excluding hydrogens is 296 g/mol. The van der Waals surface area contributed by atoms with E-state index in [-0.39, 0.29) is 23.5 Å². The molecule has 0 atom stereocenters. The number of nitrogens with two attached hydrogens (primary N) is 1. The second-order valence-electron chi connectivity index (χ2n) is 6.87. The first kappa shape index (κ1) is 19.2. The third kappa shape index (κ3) is 5.37. The maximum absolute atomic E-state index is 11.8. The van der Waals surface area contributed by atoms with Gasteiger partial charge in [-0.05, 0) is 32.6 Å². The van der Waals surface area contributed by atoms with Crippen LogP contribution in [0.1, 0.15) is 53.4 Å². The summed E-state index contributed by atoms with van der Waals surface area (Å²) in [4.78, 5) is 27.8. The molecule has 1 saturated carbocycles. The summed E-state index contributed by atoms with van der Waals surface area (Å²) in [5.74, 6) is -1.27. The van der Waals surface area contributed by atoms with Gasteiger partial charge >= 0.3 is 11.9 Å². The summed E-state index contributed by atoms with van der Waals surface area (Å²) in [5.41, 5.74) is 5.62. The zero-order valence-corrected chi connectivity index (χ0v) is 14.5. The van der Waals surface area contributed by atoms with Crippen molar-refractivity contribution in [1.29, 1.82) is 0 Å². The molecule has 0 saturated heterocycles. The van der Waals surface area contributed by atoms with Crippen molar-refractivity contribution < 1.29 is 19.4 Å². The fraction of sp³-hybridized carbons (Fsp3) is 0.706. The number of hydrogen-bond acceptors (Lipinski definition) is 5. The van der Waals surface area contributed by atoms with Crippen molar-refractivity contribution in [2.75, 3.05) is 6.61 Å². The fourth-order valence-corrected chi connectivity index (χ4v) is 2.80. The average molecular weight is 324 g/mol. The second-order valence-corrected chi connectivity index (χ2v) is 6.87. The number of hydrogen-bond donors (Lipinski definition) is 2. The summed E-state index contributed by atoms with van der Waals surface area (Å²) in [6, 6.07) is 0.0178. The van der Waals surface area contributed by atoms with Crippen molar-refractivity contribution in [2.45, 2.75) is 59.4 Å². The van der Waals surface area contributed by atoms with E-state index in [1.54, 1.807) is 6.92 Å². The minimum atomic E-state index is -1.07. The van der Waals surface area contributed by atoms with Crippen molar-refractivity contribution in [3.63, 3.8) is 0 Å². The minimum absolute atomic E-state index is 0.0178. The molecule has 0 aromatic heterocycles. The standard InChI is InChI=1S/C17H28N2O4/c1-5-23-16(22)11-6-8-12(9-7-11)19-14(17(2,3)4)13(10-18)15(20)21/h10-12H,5-9,18H2,1-4H3,(H,20,21). The molecule has 1 aliphatic rings. The molecular formula is C17H28N2O4. The van der Waals surface area contributed by atoms with Crippen LogP contribution in [0, 0.1) is 11.3 Å². The van der Waals surface area contributed by atoms with Gasteiger partial charge in [-0.3, -0.25) is 9.79 Å². The molecule has 6 heteroatoms. The van der Waals surface area contributed by atoms with E-state index in [9.17, 15) is 14.7 Å². The highest BCUT2D eigenvalue weighted by Crippen LogP contribution is 2.30. The predicted octanol–water partition coefficient (Wildman–Crippen LogP) is 2.52. The monoisotopic (exact) mass is 324 g/mol. The first-order chi connectivity index (χ1) is 10.7. The highest BCUT2D eigenvalue weighted by molar-refractivity contribution is 6.21. The first-order valence-electron chi connectivity index (χ1n) is 8.11. The minimum Gasteiger partial charge on any atom is -0.478 e. The van der Waals surface area contributed by atoms with Crippen LogP contribution in [-0.4, -0.2) is 35.4 Å². The molecule has 0 unspecified atom stereocenters. The molecule has 0 amide bonds. The quantitative estimate of drug-likeness (QED) is 0.459. The smallest absolute Gasteiger partial charge is 0.339 e. The Balaban J connectivity index is 2.87. The fourth-order valence-electron chi connectivity index (χ4n) is 2.80. The Labute approximate surface area is 137 Å². The van der Waals surface area contributed by atoms with Crippen LogP contribution in [0.25, 0.3) is 0 Å². The van der Waals surface area contributed by atoms with E-state index in [4.69, 9.17) is 10.5 Å². The summed E-state index contributed by atoms with van der Waals surface area (Å²) >= 11 is 0. The van der Waals surface area contributed by atoms with Gasteiger partial charge in [0, 0.05) is 11.6 Å². The van der Waals surface area contributed by atoms with E-state index < -0.39 is 11.4 Å². The van der Waals surface area contributed by atoms with Gasteiger partial charge < -0.3 is 15.6 Å². The third-order valence-electron chi connectivity index (χ3n) is 3.99. The largest absolute Gasteiger partial charge is 0.478 e. The van der Waals surface area contributed by atoms with E-state index >= 15 is 0 Å². The molecule has 0 aromatic rings. The number of carboxylic acids is 1. The van der Waals surface area contributed by atoms with Crippen LogP contribution in [0.3, 0.4) is 0 Å². The topological polar surface area (TPSA) is 102 Å². The number of nitrogens with zero attached hydrogens (tertiary/aromatic N) is 1. The lowest BCUT2D eigenvalue weighted by atomic mass is 9.83. The van der Waals surface area contributed by atoms with Gasteiger partial charge in [0.2, 0.25) is 0 Å². The molecule has 1 rings (SSSR count). The van der Waals surface area contributed by atoms with E-state index in [0.29, 0.717) is 12.3 Å². The maximum atomic E-state index is 11.8. The lowest BCUT2D eigenvalue weighted by molar-refractivity contribution is -0.149. The maximum Gasteiger partial charge on any atom is 0.339 e. The molecule has 0 aliphatic heterocycles. The van der Waals surface area contributed by atoms with Gasteiger partial charge in [0.15, 0.2) is 0 Å². The molecule has 130 valence electrons. The molecule has 23 heavy (non-hydrogen) atoms. The van der Waals surface area contributed by atoms with Crippen LogP contribution in [-0.2, 0) is 14.3 Å². The summed E-state index contributed by atoms with van der Waals surface area (Å²) in [6.45, 7) is 7.96. The van der Waals surface area contributed by atoms with Crippen LogP contribution in [0.5, 0.6) is 0 Å². The average Bonchev–Trinajstić information content (AvgIpc) is 2.46. The number of aliphatic imine (C=N–C) groups is 1. The third-order valence-corrected chi connectivity index (χ3v) is 3.99. The van der Waals surface area contributed by atoms with Crippen molar-refractivity contribution >= 4 is 17.7 Å². The van der Waals surface area contributed by atoms with Crippen molar-refractivity contribution in [1.82, 2.24) is 0 Å². The molecule has 0 spiro atoms. The number of aliphatic carboxylic acids is 1. The van der Waals surface area contributed by atoms with Gasteiger partial charge in [-0.1, -0.05) is 20.8 Å². The van der Waals surface area contributed by atoms with Crippen LogP contribution in [0.15, 0.2) is 16.8 Å². The Hall–Kier alpha value is -1.85. The molecule has 0 aromatic carbocycles. The summed E-state index contributed by atoms with van der Waals surface area (Å²) in [7, 11) is 0. The Morgan fingerprint density at radius 2 is 1.83 bits per heavy atom. The predicted molar refractivity (Wildman–Crippen MR) is 89.2 cm³/mol. The molecule has 1 fully saturated rings. The summed E-state index contributed by atoms with van der Waals surface area (Å²) < 4.78 is 5.06. The molecule has 0 radical (unpaired) electrons. The SMILES string of the molecule is CCOC(=O)C1CCC(N=C(C(=CN)C(=O)O)C(C)(C)C)CC1. The van der Waals surface area contributed by atoms with E-state index in [1.165, 1.54) is 0 Å². The molecule has 3 N–H and O–H groups in total. The first-order valence-corrected chi connectivity index (χ1v) is 8.11. The highest BCUT2D eigenvalue weighted by atomic mass is 16.5. The van der Waals surface area contributed by atoms with Gasteiger partial charge in [-0.2, -0.15) is 0 Å². The zero-order valence-electron chi connectivity index (χ0n) is 14.5. The lowest BCUT2D eigenvalue weighted by Crippen LogP contribution is -2.31. The van der Waals surface area contributed by atoms with E-state index in [2.05, 4.69) is 4.99 Å². The molecule has 6 nitrogen and oxygen atoms in total. The number of carbonyl (C=O) groups is 2. The van der Waals surface area contributed by atoms with Crippen molar-refractivity contribution in [2.24, 2.45) is 22.1 Å². The molecule has 1 aliphatic carbocycles. The van der Waals surface area contributed by atoms with E-state index in [0.717, 1.165) is 31.9 Å². The Morgan fingerprint density at radius 3 is 2.22 bits per heavy atom. The zero-order chi connectivity index (χ0) is 17.6. The number of carboxylic acid groups (broad SMARTS) is 1.